The van der Waals surface area contributed by atoms with Gasteiger partial charge in [-0.15, -0.1) is 10.2 Å². The molecule has 0 fully saturated rings. The predicted molar refractivity (Wildman–Crippen MR) is 114 cm³/mol. The minimum Gasteiger partial charge on any atom is -0.495 e. The van der Waals surface area contributed by atoms with Crippen molar-refractivity contribution < 1.29 is 18.7 Å². The number of amides is 1. The molecule has 1 N–H and O–H groups in total. The Hall–Kier alpha value is -2.78. The maximum atomic E-state index is 13.0. The normalized spacial score (nSPS) is 10.7. The Morgan fingerprint density at radius 2 is 2.00 bits per heavy atom. The molecule has 0 bridgehead atoms. The summed E-state index contributed by atoms with van der Waals surface area (Å²) in [5.41, 5.74) is 0.501. The van der Waals surface area contributed by atoms with Gasteiger partial charge in [-0.25, -0.2) is 4.39 Å². The van der Waals surface area contributed by atoms with Gasteiger partial charge in [0.1, 0.15) is 23.9 Å². The van der Waals surface area contributed by atoms with Crippen molar-refractivity contribution >= 4 is 35.0 Å². The molecule has 30 heavy (non-hydrogen) atoms. The van der Waals surface area contributed by atoms with Crippen LogP contribution in [0.25, 0.3) is 0 Å². The van der Waals surface area contributed by atoms with Gasteiger partial charge in [0.2, 0.25) is 5.91 Å². The van der Waals surface area contributed by atoms with Gasteiger partial charge >= 0.3 is 0 Å². The molecular formula is C20H20ClFN4O3S. The number of methoxy groups -OCH3 is 1. The number of hydrogen-bond donors (Lipinski definition) is 1. The first kappa shape index (κ1) is 21.9. The lowest BCUT2D eigenvalue weighted by atomic mass is 10.3. The summed E-state index contributed by atoms with van der Waals surface area (Å²) in [5, 5.41) is 12.2. The van der Waals surface area contributed by atoms with Gasteiger partial charge in [-0.2, -0.15) is 0 Å². The number of carbonyl (C=O) groups excluding carboxylic acids is 1. The number of carbonyl (C=O) groups is 1. The van der Waals surface area contributed by atoms with E-state index in [0.717, 1.165) is 0 Å². The highest BCUT2D eigenvalue weighted by Gasteiger charge is 2.15. The van der Waals surface area contributed by atoms with Crippen molar-refractivity contribution in [1.29, 1.82) is 0 Å². The van der Waals surface area contributed by atoms with Gasteiger partial charge in [0.15, 0.2) is 11.0 Å². The summed E-state index contributed by atoms with van der Waals surface area (Å²) in [6, 6.07) is 10.8. The van der Waals surface area contributed by atoms with Gasteiger partial charge < -0.3 is 19.4 Å². The van der Waals surface area contributed by atoms with Gasteiger partial charge in [0, 0.05) is 11.6 Å². The van der Waals surface area contributed by atoms with E-state index in [1.165, 1.54) is 31.0 Å². The van der Waals surface area contributed by atoms with E-state index in [2.05, 4.69) is 15.5 Å². The summed E-state index contributed by atoms with van der Waals surface area (Å²) in [6.45, 7) is 2.74. The molecule has 1 amide bonds. The number of nitrogens with zero attached hydrogens (tertiary/aromatic N) is 3. The maximum Gasteiger partial charge on any atom is 0.234 e. The number of anilines is 1. The quantitative estimate of drug-likeness (QED) is 0.486. The summed E-state index contributed by atoms with van der Waals surface area (Å²) in [6.07, 6.45) is 0. The van der Waals surface area contributed by atoms with Gasteiger partial charge in [-0.1, -0.05) is 23.4 Å². The number of thioether (sulfide) groups is 1. The highest BCUT2D eigenvalue weighted by atomic mass is 35.5. The molecule has 1 heterocycles. The SMILES string of the molecule is CCn1c(COc2ccc(F)cc2)nnc1SCC(=O)Nc1cc(Cl)ccc1OC. The molecule has 0 aliphatic heterocycles. The zero-order chi connectivity index (χ0) is 21.5. The molecule has 0 spiro atoms. The minimum atomic E-state index is -0.327. The average Bonchev–Trinajstić information content (AvgIpc) is 3.14. The van der Waals surface area contributed by atoms with Gasteiger partial charge in [-0.3, -0.25) is 4.79 Å². The van der Waals surface area contributed by atoms with E-state index in [9.17, 15) is 9.18 Å². The topological polar surface area (TPSA) is 78.3 Å². The van der Waals surface area contributed by atoms with Crippen LogP contribution in [0.2, 0.25) is 5.02 Å². The first-order chi connectivity index (χ1) is 14.5. The Morgan fingerprint density at radius 3 is 2.70 bits per heavy atom. The molecule has 3 rings (SSSR count). The number of halogens is 2. The number of benzene rings is 2. The highest BCUT2D eigenvalue weighted by Crippen LogP contribution is 2.28. The molecule has 1 aromatic heterocycles. The van der Waals surface area contributed by atoms with E-state index in [1.54, 1.807) is 30.3 Å². The Balaban J connectivity index is 1.59. The molecule has 0 radical (unpaired) electrons. The second-order valence-electron chi connectivity index (χ2n) is 6.07. The molecule has 0 saturated carbocycles. The minimum absolute atomic E-state index is 0.132. The second kappa shape index (κ2) is 10.3. The van der Waals surface area contributed by atoms with Crippen LogP contribution in [0.5, 0.6) is 11.5 Å². The molecule has 10 heteroatoms. The lowest BCUT2D eigenvalue weighted by Crippen LogP contribution is -2.15. The Kier molecular flexibility index (Phi) is 7.53. The maximum absolute atomic E-state index is 13.0. The van der Waals surface area contributed by atoms with Gasteiger partial charge in [0.25, 0.3) is 0 Å². The van der Waals surface area contributed by atoms with Crippen LogP contribution in [0.1, 0.15) is 12.7 Å². The molecule has 2 aromatic carbocycles. The Morgan fingerprint density at radius 1 is 1.23 bits per heavy atom. The van der Waals surface area contributed by atoms with Crippen LogP contribution in [0.3, 0.4) is 0 Å². The van der Waals surface area contributed by atoms with Gasteiger partial charge in [0.05, 0.1) is 18.6 Å². The number of nitrogens with one attached hydrogen (secondary N) is 1. The standard InChI is InChI=1S/C20H20ClFN4O3S/c1-3-26-18(11-29-15-7-5-14(22)6-8-15)24-25-20(26)30-12-19(27)23-16-10-13(21)4-9-17(16)28-2/h4-10H,3,11-12H2,1-2H3,(H,23,27). The van der Waals surface area contributed by atoms with Crippen molar-refractivity contribution in [2.45, 2.75) is 25.2 Å². The Labute approximate surface area is 182 Å². The third-order valence-electron chi connectivity index (χ3n) is 4.06. The average molecular weight is 451 g/mol. The molecule has 0 aliphatic rings. The predicted octanol–water partition coefficient (Wildman–Crippen LogP) is 4.41. The summed E-state index contributed by atoms with van der Waals surface area (Å²) in [5.74, 6) is 1.25. The molecule has 158 valence electrons. The van der Waals surface area contributed by atoms with Crippen LogP contribution < -0.4 is 14.8 Å². The summed E-state index contributed by atoms with van der Waals surface area (Å²) < 4.78 is 25.7. The molecular weight excluding hydrogens is 431 g/mol. The number of rotatable bonds is 9. The van der Waals surface area contributed by atoms with E-state index >= 15 is 0 Å². The largest absolute Gasteiger partial charge is 0.495 e. The van der Waals surface area contributed by atoms with Crippen LogP contribution in [0.15, 0.2) is 47.6 Å². The van der Waals surface area contributed by atoms with E-state index in [-0.39, 0.29) is 24.1 Å². The number of aromatic nitrogens is 3. The fourth-order valence-electron chi connectivity index (χ4n) is 2.62. The van der Waals surface area contributed by atoms with Crippen LogP contribution in [-0.2, 0) is 17.9 Å². The molecule has 0 aliphatic carbocycles. The van der Waals surface area contributed by atoms with Crippen molar-refractivity contribution in [3.63, 3.8) is 0 Å². The lowest BCUT2D eigenvalue weighted by Gasteiger charge is -2.11. The van der Waals surface area contributed by atoms with Crippen molar-refractivity contribution in [2.24, 2.45) is 0 Å². The summed E-state index contributed by atoms with van der Waals surface area (Å²) in [4.78, 5) is 12.4. The van der Waals surface area contributed by atoms with Crippen molar-refractivity contribution in [3.05, 3.63) is 59.1 Å². The molecule has 0 atom stereocenters. The second-order valence-corrected chi connectivity index (χ2v) is 7.45. The van der Waals surface area contributed by atoms with Crippen molar-refractivity contribution in [1.82, 2.24) is 14.8 Å². The molecule has 0 unspecified atom stereocenters. The number of ether oxygens (including phenoxy) is 2. The smallest absolute Gasteiger partial charge is 0.234 e. The first-order valence-corrected chi connectivity index (χ1v) is 10.4. The third-order valence-corrected chi connectivity index (χ3v) is 5.26. The third kappa shape index (κ3) is 5.64. The van der Waals surface area contributed by atoms with Crippen LogP contribution in [-0.4, -0.2) is 33.5 Å². The fraction of sp³-hybridized carbons (Fsp3) is 0.250. The van der Waals surface area contributed by atoms with E-state index < -0.39 is 0 Å². The fourth-order valence-corrected chi connectivity index (χ4v) is 3.62. The molecule has 7 nitrogen and oxygen atoms in total. The number of hydrogen-bond acceptors (Lipinski definition) is 6. The van der Waals surface area contributed by atoms with Crippen LogP contribution in [0.4, 0.5) is 10.1 Å². The lowest BCUT2D eigenvalue weighted by molar-refractivity contribution is -0.113. The summed E-state index contributed by atoms with van der Waals surface area (Å²) in [7, 11) is 1.52. The monoisotopic (exact) mass is 450 g/mol. The van der Waals surface area contributed by atoms with Crippen LogP contribution in [0, 0.1) is 5.82 Å². The van der Waals surface area contributed by atoms with Crippen molar-refractivity contribution in [2.75, 3.05) is 18.2 Å². The zero-order valence-corrected chi connectivity index (χ0v) is 18.0. The Bertz CT molecular complexity index is 1010. The molecule has 3 aromatic rings. The first-order valence-electron chi connectivity index (χ1n) is 9.06. The van der Waals surface area contributed by atoms with E-state index in [4.69, 9.17) is 21.1 Å². The van der Waals surface area contributed by atoms with Crippen molar-refractivity contribution in [3.8, 4) is 11.5 Å². The van der Waals surface area contributed by atoms with E-state index in [0.29, 0.717) is 39.7 Å². The van der Waals surface area contributed by atoms with E-state index in [1.807, 2.05) is 11.5 Å². The van der Waals surface area contributed by atoms with Gasteiger partial charge in [-0.05, 0) is 49.4 Å². The summed E-state index contributed by atoms with van der Waals surface area (Å²) >= 11 is 7.25. The molecule has 0 saturated heterocycles. The zero-order valence-electron chi connectivity index (χ0n) is 16.4. The van der Waals surface area contributed by atoms with Crippen LogP contribution >= 0.6 is 23.4 Å². The highest BCUT2D eigenvalue weighted by molar-refractivity contribution is 7.99.